The lowest BCUT2D eigenvalue weighted by Crippen LogP contribution is -2.47. The van der Waals surface area contributed by atoms with Crippen LogP contribution in [-0.4, -0.2) is 55.8 Å². The molecule has 1 N–H and O–H groups in total. The first-order valence-electron chi connectivity index (χ1n) is 9.13. The number of ether oxygens (including phenoxy) is 1. The number of benzene rings is 1. The highest BCUT2D eigenvalue weighted by Gasteiger charge is 2.45. The molecule has 7 heteroatoms. The first-order valence-corrected chi connectivity index (χ1v) is 9.13. The highest BCUT2D eigenvalue weighted by Crippen LogP contribution is 2.43. The van der Waals surface area contributed by atoms with Crippen molar-refractivity contribution in [3.05, 3.63) is 42.0 Å². The number of piperidine rings is 1. The fraction of sp³-hybridized carbons (Fsp3) is 0.400. The van der Waals surface area contributed by atoms with Crippen LogP contribution in [0.2, 0.25) is 0 Å². The van der Waals surface area contributed by atoms with Crippen LogP contribution < -0.4 is 15.0 Å². The predicted octanol–water partition coefficient (Wildman–Crippen LogP) is 2.94. The van der Waals surface area contributed by atoms with E-state index < -0.39 is 6.67 Å². The van der Waals surface area contributed by atoms with Gasteiger partial charge >= 0.3 is 0 Å². The molecule has 1 aromatic carbocycles. The number of fused-ring (bicyclic) bond motifs is 3. The average molecular weight is 369 g/mol. The molecule has 142 valence electrons. The molecular weight excluding hydrogens is 346 g/mol. The van der Waals surface area contributed by atoms with Crippen LogP contribution in [0.3, 0.4) is 0 Å². The summed E-state index contributed by atoms with van der Waals surface area (Å²) in [5.74, 6) is 2.18. The molecule has 0 bridgehead atoms. The van der Waals surface area contributed by atoms with Gasteiger partial charge in [-0.1, -0.05) is 12.1 Å². The second kappa shape index (κ2) is 7.06. The molecule has 1 aromatic heterocycles. The van der Waals surface area contributed by atoms with E-state index in [1.165, 1.54) is 0 Å². The Bertz CT molecular complexity index is 860. The molecule has 2 aromatic rings. The number of hydrogen-bond donors (Lipinski definition) is 1. The van der Waals surface area contributed by atoms with Crippen LogP contribution in [0.1, 0.15) is 17.9 Å². The van der Waals surface area contributed by atoms with E-state index in [1.54, 1.807) is 11.0 Å². The van der Waals surface area contributed by atoms with Gasteiger partial charge in [0, 0.05) is 44.0 Å². The van der Waals surface area contributed by atoms with E-state index in [9.17, 15) is 9.18 Å². The first-order chi connectivity index (χ1) is 13.1. The summed E-state index contributed by atoms with van der Waals surface area (Å²) < 4.78 is 17.6. The fourth-order valence-electron chi connectivity index (χ4n) is 3.94. The van der Waals surface area contributed by atoms with Crippen molar-refractivity contribution >= 4 is 23.2 Å². The summed E-state index contributed by atoms with van der Waals surface area (Å²) >= 11 is 0. The lowest BCUT2D eigenvalue weighted by molar-refractivity contribution is -0.134. The summed E-state index contributed by atoms with van der Waals surface area (Å²) in [6.45, 7) is 0.290. The highest BCUT2D eigenvalue weighted by atomic mass is 18.2. The van der Waals surface area contributed by atoms with Gasteiger partial charge in [-0.3, -0.25) is 4.79 Å². The Labute approximate surface area is 157 Å². The summed E-state index contributed by atoms with van der Waals surface area (Å²) in [5.41, 5.74) is 1.80. The summed E-state index contributed by atoms with van der Waals surface area (Å²) in [4.78, 5) is 21.3. The first kappa shape index (κ1) is 17.6. The molecule has 1 amide bonds. The summed E-state index contributed by atoms with van der Waals surface area (Å²) in [6.07, 6.45) is 0.941. The molecule has 1 saturated heterocycles. The Morgan fingerprint density at radius 3 is 2.96 bits per heavy atom. The third-order valence-electron chi connectivity index (χ3n) is 5.31. The number of likely N-dealkylation sites (N-methyl/N-ethyl adjacent to an activating group) is 2. The summed E-state index contributed by atoms with van der Waals surface area (Å²) in [7, 11) is 3.86. The molecule has 2 atom stereocenters. The SMILES string of the molecule is CN1CCC2C(C1=O)c1ccc(Nc3cccc(OCC[18F])c3)nc1N2C. The summed E-state index contributed by atoms with van der Waals surface area (Å²) in [5, 5.41) is 3.27. The lowest BCUT2D eigenvalue weighted by atomic mass is 9.89. The van der Waals surface area contributed by atoms with Gasteiger partial charge in [-0.25, -0.2) is 9.37 Å². The number of likely N-dealkylation sites (tertiary alicyclic amines) is 1. The number of nitrogens with zero attached hydrogens (tertiary/aromatic N) is 3. The molecule has 2 aliphatic heterocycles. The zero-order valence-electron chi connectivity index (χ0n) is 15.5. The van der Waals surface area contributed by atoms with Crippen molar-refractivity contribution in [1.29, 1.82) is 0 Å². The molecular formula is C20H23FN4O2. The van der Waals surface area contributed by atoms with Crippen LogP contribution in [0.25, 0.3) is 0 Å². The number of nitrogens with one attached hydrogen (secondary N) is 1. The van der Waals surface area contributed by atoms with E-state index in [2.05, 4.69) is 10.2 Å². The van der Waals surface area contributed by atoms with E-state index in [0.717, 1.165) is 30.0 Å². The van der Waals surface area contributed by atoms with Gasteiger partial charge in [0.15, 0.2) is 0 Å². The van der Waals surface area contributed by atoms with Crippen LogP contribution in [0.5, 0.6) is 5.75 Å². The van der Waals surface area contributed by atoms with Crippen molar-refractivity contribution in [1.82, 2.24) is 9.88 Å². The maximum atomic E-state index is 12.6. The number of halogens is 1. The highest BCUT2D eigenvalue weighted by molar-refractivity contribution is 5.90. The smallest absolute Gasteiger partial charge is 0.232 e. The van der Waals surface area contributed by atoms with Crippen LogP contribution >= 0.6 is 0 Å². The molecule has 2 aliphatic rings. The largest absolute Gasteiger partial charge is 0.491 e. The number of anilines is 3. The van der Waals surface area contributed by atoms with Gasteiger partial charge in [-0.2, -0.15) is 0 Å². The third-order valence-corrected chi connectivity index (χ3v) is 5.31. The predicted molar refractivity (Wildman–Crippen MR) is 103 cm³/mol. The van der Waals surface area contributed by atoms with Crippen molar-refractivity contribution in [2.24, 2.45) is 0 Å². The van der Waals surface area contributed by atoms with Crippen LogP contribution in [0, 0.1) is 0 Å². The van der Waals surface area contributed by atoms with Crippen molar-refractivity contribution in [2.75, 3.05) is 44.1 Å². The maximum absolute atomic E-state index is 12.6. The number of aromatic nitrogens is 1. The Kier molecular flexibility index (Phi) is 4.59. The number of carbonyl (C=O) groups excluding carboxylic acids is 1. The Hall–Kier alpha value is -2.83. The Morgan fingerprint density at radius 1 is 1.30 bits per heavy atom. The van der Waals surface area contributed by atoms with Crippen LogP contribution in [-0.2, 0) is 4.79 Å². The second-order valence-corrected chi connectivity index (χ2v) is 7.00. The van der Waals surface area contributed by atoms with Gasteiger partial charge in [-0.05, 0) is 24.6 Å². The van der Waals surface area contributed by atoms with Gasteiger partial charge in [0.2, 0.25) is 5.91 Å². The van der Waals surface area contributed by atoms with Gasteiger partial charge in [0.05, 0.1) is 5.92 Å². The van der Waals surface area contributed by atoms with Crippen LogP contribution in [0.15, 0.2) is 36.4 Å². The molecule has 0 saturated carbocycles. The molecule has 0 radical (unpaired) electrons. The van der Waals surface area contributed by atoms with E-state index in [0.29, 0.717) is 11.6 Å². The third kappa shape index (κ3) is 3.18. The van der Waals surface area contributed by atoms with Crippen molar-refractivity contribution in [3.8, 4) is 5.75 Å². The minimum atomic E-state index is -0.521. The number of rotatable bonds is 5. The molecule has 1 fully saturated rings. The number of pyridine rings is 1. The topological polar surface area (TPSA) is 57.7 Å². The molecule has 6 nitrogen and oxygen atoms in total. The molecule has 0 aliphatic carbocycles. The normalized spacial score (nSPS) is 21.1. The fourth-order valence-corrected chi connectivity index (χ4v) is 3.94. The molecule has 3 heterocycles. The van der Waals surface area contributed by atoms with Gasteiger partial charge in [-0.15, -0.1) is 0 Å². The minimum Gasteiger partial charge on any atom is -0.491 e. The summed E-state index contributed by atoms with van der Waals surface area (Å²) in [6, 6.07) is 11.4. The van der Waals surface area contributed by atoms with E-state index in [-0.39, 0.29) is 24.5 Å². The molecule has 0 spiro atoms. The lowest BCUT2D eigenvalue weighted by Gasteiger charge is -2.34. The molecule has 27 heavy (non-hydrogen) atoms. The number of hydrogen-bond acceptors (Lipinski definition) is 5. The quantitative estimate of drug-likeness (QED) is 0.878. The second-order valence-electron chi connectivity index (χ2n) is 7.00. The van der Waals surface area contributed by atoms with Crippen molar-refractivity contribution in [2.45, 2.75) is 18.4 Å². The molecule has 2 unspecified atom stereocenters. The minimum absolute atomic E-state index is 0.0383. The van der Waals surface area contributed by atoms with E-state index >= 15 is 0 Å². The van der Waals surface area contributed by atoms with Gasteiger partial charge < -0.3 is 19.9 Å². The Morgan fingerprint density at radius 2 is 2.15 bits per heavy atom. The van der Waals surface area contributed by atoms with E-state index in [4.69, 9.17) is 9.72 Å². The van der Waals surface area contributed by atoms with Crippen molar-refractivity contribution in [3.63, 3.8) is 0 Å². The van der Waals surface area contributed by atoms with Gasteiger partial charge in [0.25, 0.3) is 0 Å². The van der Waals surface area contributed by atoms with Crippen molar-refractivity contribution < 1.29 is 13.9 Å². The number of carbonyl (C=O) groups is 1. The molecule has 4 rings (SSSR count). The standard InChI is InChI=1S/C20H23FN4O2/c1-24-10-8-16-18(20(24)26)15-6-7-17(23-19(15)25(16)2)22-13-4-3-5-14(12-13)27-11-9-21/h3-7,12,16,18H,8-11H2,1-2H3,(H,22,23)/i21-1. The number of amides is 1. The van der Waals surface area contributed by atoms with Crippen LogP contribution in [0.4, 0.5) is 21.7 Å². The maximum Gasteiger partial charge on any atom is 0.232 e. The number of alkyl halides is 1. The zero-order valence-corrected chi connectivity index (χ0v) is 15.5. The monoisotopic (exact) mass is 369 g/mol. The van der Waals surface area contributed by atoms with Gasteiger partial charge in [0.1, 0.15) is 30.7 Å². The van der Waals surface area contributed by atoms with E-state index in [1.807, 2.05) is 44.4 Å². The average Bonchev–Trinajstić information content (AvgIpc) is 2.96. The Balaban J connectivity index is 1.58. The zero-order chi connectivity index (χ0) is 19.0.